The van der Waals surface area contributed by atoms with Crippen LogP contribution in [0.2, 0.25) is 0 Å². The van der Waals surface area contributed by atoms with Crippen molar-refractivity contribution in [2.24, 2.45) is 0 Å². The van der Waals surface area contributed by atoms with Crippen molar-refractivity contribution in [1.29, 1.82) is 0 Å². The van der Waals surface area contributed by atoms with Crippen molar-refractivity contribution >= 4 is 21.7 Å². The summed E-state index contributed by atoms with van der Waals surface area (Å²) in [5.41, 5.74) is 1.40. The molecule has 0 unspecified atom stereocenters. The number of anilines is 1. The second kappa shape index (κ2) is 7.99. The van der Waals surface area contributed by atoms with Crippen LogP contribution in [-0.4, -0.2) is 31.3 Å². The molecule has 0 spiro atoms. The lowest BCUT2D eigenvalue weighted by Gasteiger charge is -2.38. The fourth-order valence-corrected chi connectivity index (χ4v) is 3.38. The van der Waals surface area contributed by atoms with E-state index in [0.717, 1.165) is 48.6 Å². The molecule has 0 amide bonds. The minimum absolute atomic E-state index is 0.0672. The van der Waals surface area contributed by atoms with Gasteiger partial charge in [-0.1, -0.05) is 12.1 Å². The molecule has 1 fully saturated rings. The van der Waals surface area contributed by atoms with Gasteiger partial charge < -0.3 is 14.8 Å². The van der Waals surface area contributed by atoms with Crippen molar-refractivity contribution in [3.63, 3.8) is 0 Å². The van der Waals surface area contributed by atoms with Crippen molar-refractivity contribution in [1.82, 2.24) is 4.98 Å². The lowest BCUT2D eigenvalue weighted by molar-refractivity contribution is 0.0543. The first kappa shape index (κ1) is 17.2. The predicted octanol–water partition coefficient (Wildman–Crippen LogP) is 4.40. The highest BCUT2D eigenvalue weighted by atomic mass is 79.9. The smallest absolute Gasteiger partial charge is 0.125 e. The average molecular weight is 391 g/mol. The van der Waals surface area contributed by atoms with Gasteiger partial charge in [-0.2, -0.15) is 0 Å². The van der Waals surface area contributed by atoms with Crippen molar-refractivity contribution in [2.75, 3.05) is 31.7 Å². The monoisotopic (exact) mass is 390 g/mol. The molecule has 1 aliphatic rings. The highest BCUT2D eigenvalue weighted by Crippen LogP contribution is 2.36. The van der Waals surface area contributed by atoms with Crippen molar-refractivity contribution in [3.05, 3.63) is 52.6 Å². The molecular weight excluding hydrogens is 368 g/mol. The summed E-state index contributed by atoms with van der Waals surface area (Å²) in [6, 6.07) is 12.5. The second-order valence-corrected chi connectivity index (χ2v) is 6.98. The zero-order valence-corrected chi connectivity index (χ0v) is 15.5. The summed E-state index contributed by atoms with van der Waals surface area (Å²) in [6.45, 7) is 5.13. The Kier molecular flexibility index (Phi) is 5.74. The van der Waals surface area contributed by atoms with E-state index in [1.54, 1.807) is 0 Å². The summed E-state index contributed by atoms with van der Waals surface area (Å²) in [4.78, 5) is 4.42. The van der Waals surface area contributed by atoms with Crippen LogP contribution in [0.25, 0.3) is 0 Å². The number of ether oxygens (including phenoxy) is 2. The van der Waals surface area contributed by atoms with E-state index in [9.17, 15) is 0 Å². The Hall–Kier alpha value is -1.59. The van der Waals surface area contributed by atoms with E-state index in [2.05, 4.69) is 50.5 Å². The van der Waals surface area contributed by atoms with Gasteiger partial charge in [0.2, 0.25) is 0 Å². The molecule has 128 valence electrons. The molecule has 1 aromatic heterocycles. The van der Waals surface area contributed by atoms with Crippen LogP contribution < -0.4 is 10.1 Å². The van der Waals surface area contributed by atoms with E-state index in [0.29, 0.717) is 6.61 Å². The Bertz CT molecular complexity index is 637. The van der Waals surface area contributed by atoms with E-state index in [1.165, 1.54) is 5.56 Å². The van der Waals surface area contributed by atoms with E-state index in [1.807, 2.05) is 25.3 Å². The third kappa shape index (κ3) is 4.08. The summed E-state index contributed by atoms with van der Waals surface area (Å²) >= 11 is 3.42. The summed E-state index contributed by atoms with van der Waals surface area (Å²) in [6.07, 6.45) is 3.82. The summed E-state index contributed by atoms with van der Waals surface area (Å²) < 4.78 is 12.2. The molecule has 5 heteroatoms. The van der Waals surface area contributed by atoms with Crippen molar-refractivity contribution in [2.45, 2.75) is 25.2 Å². The Labute approximate surface area is 151 Å². The largest absolute Gasteiger partial charge is 0.494 e. The standard InChI is InChI=1S/C19H23BrN2O2/c1-2-24-17-6-3-15(4-7-17)19(9-11-23-12-10-19)14-22-18-8-5-16(20)13-21-18/h3-8,13H,2,9-12,14H2,1H3,(H,21,22). The maximum atomic E-state index is 5.60. The van der Waals surface area contributed by atoms with E-state index in [4.69, 9.17) is 9.47 Å². The zero-order chi connectivity index (χ0) is 16.8. The molecule has 0 aliphatic carbocycles. The van der Waals surface area contributed by atoms with Crippen molar-refractivity contribution < 1.29 is 9.47 Å². The van der Waals surface area contributed by atoms with Crippen LogP contribution in [0.1, 0.15) is 25.3 Å². The molecule has 1 saturated heterocycles. The minimum Gasteiger partial charge on any atom is -0.494 e. The third-order valence-electron chi connectivity index (χ3n) is 4.56. The fourth-order valence-electron chi connectivity index (χ4n) is 3.14. The summed E-state index contributed by atoms with van der Waals surface area (Å²) in [7, 11) is 0. The van der Waals surface area contributed by atoms with Crippen LogP contribution in [0, 0.1) is 0 Å². The second-order valence-electron chi connectivity index (χ2n) is 6.07. The van der Waals surface area contributed by atoms with Gasteiger partial charge in [0.05, 0.1) is 6.61 Å². The van der Waals surface area contributed by atoms with Gasteiger partial charge in [0.1, 0.15) is 11.6 Å². The zero-order valence-electron chi connectivity index (χ0n) is 13.9. The number of nitrogens with one attached hydrogen (secondary N) is 1. The van der Waals surface area contributed by atoms with E-state index in [-0.39, 0.29) is 5.41 Å². The molecule has 0 atom stereocenters. The van der Waals surface area contributed by atoms with Crippen LogP contribution in [0.4, 0.5) is 5.82 Å². The van der Waals surface area contributed by atoms with Gasteiger partial charge in [-0.05, 0) is 65.5 Å². The molecule has 2 aromatic rings. The molecule has 3 rings (SSSR count). The Balaban J connectivity index is 1.77. The third-order valence-corrected chi connectivity index (χ3v) is 5.03. The highest BCUT2D eigenvalue weighted by molar-refractivity contribution is 9.10. The van der Waals surface area contributed by atoms with Gasteiger partial charge in [0.15, 0.2) is 0 Å². The van der Waals surface area contributed by atoms with Gasteiger partial charge in [0, 0.05) is 35.8 Å². The first-order chi connectivity index (χ1) is 11.7. The molecule has 2 heterocycles. The lowest BCUT2D eigenvalue weighted by atomic mass is 9.74. The highest BCUT2D eigenvalue weighted by Gasteiger charge is 2.34. The number of aromatic nitrogens is 1. The minimum atomic E-state index is 0.0672. The molecular formula is C19H23BrN2O2. The first-order valence-electron chi connectivity index (χ1n) is 8.38. The Morgan fingerprint density at radius 3 is 2.54 bits per heavy atom. The number of halogens is 1. The Morgan fingerprint density at radius 1 is 1.17 bits per heavy atom. The molecule has 0 radical (unpaired) electrons. The quantitative estimate of drug-likeness (QED) is 0.793. The summed E-state index contributed by atoms with van der Waals surface area (Å²) in [5, 5.41) is 3.50. The van der Waals surface area contributed by atoms with Crippen LogP contribution >= 0.6 is 15.9 Å². The molecule has 24 heavy (non-hydrogen) atoms. The van der Waals surface area contributed by atoms with Crippen LogP contribution in [0.15, 0.2) is 47.1 Å². The molecule has 1 aromatic carbocycles. The molecule has 0 bridgehead atoms. The van der Waals surface area contributed by atoms with Gasteiger partial charge in [-0.25, -0.2) is 4.98 Å². The van der Waals surface area contributed by atoms with Crippen LogP contribution in [-0.2, 0) is 10.2 Å². The first-order valence-corrected chi connectivity index (χ1v) is 9.18. The SMILES string of the molecule is CCOc1ccc(C2(CNc3ccc(Br)cn3)CCOCC2)cc1. The van der Waals surface area contributed by atoms with Crippen molar-refractivity contribution in [3.8, 4) is 5.75 Å². The van der Waals surface area contributed by atoms with Gasteiger partial charge in [0.25, 0.3) is 0 Å². The van der Waals surface area contributed by atoms with E-state index >= 15 is 0 Å². The molecule has 1 N–H and O–H groups in total. The number of hydrogen-bond donors (Lipinski definition) is 1. The normalized spacial score (nSPS) is 16.6. The predicted molar refractivity (Wildman–Crippen MR) is 99.8 cm³/mol. The fraction of sp³-hybridized carbons (Fsp3) is 0.421. The number of nitrogens with zero attached hydrogens (tertiary/aromatic N) is 1. The average Bonchev–Trinajstić information content (AvgIpc) is 2.63. The maximum Gasteiger partial charge on any atom is 0.125 e. The van der Waals surface area contributed by atoms with Gasteiger partial charge in [-0.3, -0.25) is 0 Å². The van der Waals surface area contributed by atoms with Gasteiger partial charge >= 0.3 is 0 Å². The van der Waals surface area contributed by atoms with Crippen LogP contribution in [0.3, 0.4) is 0 Å². The van der Waals surface area contributed by atoms with Crippen LogP contribution in [0.5, 0.6) is 5.75 Å². The number of benzene rings is 1. The number of pyridine rings is 1. The molecule has 4 nitrogen and oxygen atoms in total. The topological polar surface area (TPSA) is 43.4 Å². The van der Waals surface area contributed by atoms with Gasteiger partial charge in [-0.15, -0.1) is 0 Å². The maximum absolute atomic E-state index is 5.60. The summed E-state index contributed by atoms with van der Waals surface area (Å²) in [5.74, 6) is 1.82. The van der Waals surface area contributed by atoms with E-state index < -0.39 is 0 Å². The Morgan fingerprint density at radius 2 is 1.92 bits per heavy atom. The molecule has 0 saturated carbocycles. The number of rotatable bonds is 6. The number of hydrogen-bond acceptors (Lipinski definition) is 4. The molecule has 1 aliphatic heterocycles. The lowest BCUT2D eigenvalue weighted by Crippen LogP contribution is -2.40.